The molecule has 0 amide bonds. The van der Waals surface area contributed by atoms with Crippen LogP contribution in [0.15, 0.2) is 11.6 Å². The Labute approximate surface area is 82.4 Å². The number of allylic oxidation sites excluding steroid dienone is 2. The third-order valence-electron chi connectivity index (χ3n) is 3.71. The number of rotatable bonds is 1. The Kier molecular flexibility index (Phi) is 3.46. The largest absolute Gasteiger partial charge is 0.0851 e. The zero-order valence-corrected chi connectivity index (χ0v) is 8.73. The summed E-state index contributed by atoms with van der Waals surface area (Å²) in [6.45, 7) is 0. The molecule has 0 saturated heterocycles. The van der Waals surface area contributed by atoms with Crippen molar-refractivity contribution in [3.63, 3.8) is 0 Å². The van der Waals surface area contributed by atoms with Crippen molar-refractivity contribution < 1.29 is 0 Å². The van der Waals surface area contributed by atoms with Crippen LogP contribution >= 0.6 is 0 Å². The molecule has 0 aromatic carbocycles. The van der Waals surface area contributed by atoms with E-state index in [1.54, 1.807) is 0 Å². The van der Waals surface area contributed by atoms with E-state index in [0.29, 0.717) is 0 Å². The third-order valence-corrected chi connectivity index (χ3v) is 3.71. The first kappa shape index (κ1) is 9.30. The van der Waals surface area contributed by atoms with Crippen LogP contribution in [0, 0.1) is 5.92 Å². The molecule has 2 aliphatic carbocycles. The lowest BCUT2D eigenvalue weighted by molar-refractivity contribution is 0.491. The van der Waals surface area contributed by atoms with Crippen LogP contribution in [0.2, 0.25) is 0 Å². The van der Waals surface area contributed by atoms with Gasteiger partial charge in [-0.25, -0.2) is 0 Å². The molecule has 2 rings (SSSR count). The SMILES string of the molecule is C1=C(C2CCCCCC2)CCCC1. The van der Waals surface area contributed by atoms with Crippen LogP contribution < -0.4 is 0 Å². The minimum Gasteiger partial charge on any atom is -0.0851 e. The van der Waals surface area contributed by atoms with E-state index in [-0.39, 0.29) is 0 Å². The van der Waals surface area contributed by atoms with Gasteiger partial charge in [0.1, 0.15) is 0 Å². The fraction of sp³-hybridized carbons (Fsp3) is 0.846. The normalized spacial score (nSPS) is 26.6. The van der Waals surface area contributed by atoms with Gasteiger partial charge in [-0.1, -0.05) is 37.3 Å². The topological polar surface area (TPSA) is 0 Å². The zero-order valence-electron chi connectivity index (χ0n) is 8.73. The predicted octanol–water partition coefficient (Wildman–Crippen LogP) is 4.46. The molecule has 0 aromatic rings. The molecule has 0 nitrogen and oxygen atoms in total. The third kappa shape index (κ3) is 2.59. The molecule has 1 saturated carbocycles. The molecule has 13 heavy (non-hydrogen) atoms. The Morgan fingerprint density at radius 1 is 0.846 bits per heavy atom. The smallest absolute Gasteiger partial charge is 0.0203 e. The monoisotopic (exact) mass is 178 g/mol. The Hall–Kier alpha value is -0.260. The molecule has 0 bridgehead atoms. The van der Waals surface area contributed by atoms with Crippen molar-refractivity contribution in [1.29, 1.82) is 0 Å². The first-order valence-electron chi connectivity index (χ1n) is 6.16. The van der Waals surface area contributed by atoms with E-state index in [2.05, 4.69) is 6.08 Å². The molecule has 0 heteroatoms. The average Bonchev–Trinajstić information content (AvgIpc) is 2.47. The van der Waals surface area contributed by atoms with E-state index in [4.69, 9.17) is 0 Å². The van der Waals surface area contributed by atoms with E-state index in [1.165, 1.54) is 64.2 Å². The molecule has 0 atom stereocenters. The molecule has 0 unspecified atom stereocenters. The summed E-state index contributed by atoms with van der Waals surface area (Å²) in [5, 5.41) is 0. The maximum absolute atomic E-state index is 2.56. The molecule has 0 spiro atoms. The van der Waals surface area contributed by atoms with Gasteiger partial charge in [-0.15, -0.1) is 0 Å². The van der Waals surface area contributed by atoms with E-state index < -0.39 is 0 Å². The molecule has 0 heterocycles. The van der Waals surface area contributed by atoms with Gasteiger partial charge in [0.25, 0.3) is 0 Å². The summed E-state index contributed by atoms with van der Waals surface area (Å²) in [5.41, 5.74) is 1.83. The number of hydrogen-bond donors (Lipinski definition) is 0. The standard InChI is InChI=1S/C13H22/c1-2-5-9-12(8-4-1)13-10-6-3-7-11-13/h10,12H,1-9,11H2. The van der Waals surface area contributed by atoms with Gasteiger partial charge in [0.15, 0.2) is 0 Å². The highest BCUT2D eigenvalue weighted by Crippen LogP contribution is 2.33. The Bertz CT molecular complexity index is 170. The van der Waals surface area contributed by atoms with Gasteiger partial charge in [0, 0.05) is 0 Å². The maximum atomic E-state index is 2.56. The maximum Gasteiger partial charge on any atom is -0.0203 e. The van der Waals surface area contributed by atoms with E-state index in [1.807, 2.05) is 5.57 Å². The molecule has 74 valence electrons. The fourth-order valence-electron chi connectivity index (χ4n) is 2.88. The van der Waals surface area contributed by atoms with Gasteiger partial charge in [-0.2, -0.15) is 0 Å². The molecule has 0 aromatic heterocycles. The summed E-state index contributed by atoms with van der Waals surface area (Å²) in [6, 6.07) is 0. The van der Waals surface area contributed by atoms with Crippen LogP contribution in [0.25, 0.3) is 0 Å². The van der Waals surface area contributed by atoms with Gasteiger partial charge in [0.2, 0.25) is 0 Å². The Morgan fingerprint density at radius 2 is 1.62 bits per heavy atom. The summed E-state index contributed by atoms with van der Waals surface area (Å²) in [6.07, 6.45) is 17.2. The highest BCUT2D eigenvalue weighted by atomic mass is 14.2. The lowest BCUT2D eigenvalue weighted by atomic mass is 9.85. The van der Waals surface area contributed by atoms with Crippen LogP contribution in [0.4, 0.5) is 0 Å². The molecular formula is C13H22. The summed E-state index contributed by atoms with van der Waals surface area (Å²) in [4.78, 5) is 0. The lowest BCUT2D eigenvalue weighted by Gasteiger charge is -2.21. The van der Waals surface area contributed by atoms with Crippen LogP contribution in [0.3, 0.4) is 0 Å². The quantitative estimate of drug-likeness (QED) is 0.411. The first-order valence-corrected chi connectivity index (χ1v) is 6.16. The highest BCUT2D eigenvalue weighted by Gasteiger charge is 2.17. The van der Waals surface area contributed by atoms with Gasteiger partial charge < -0.3 is 0 Å². The lowest BCUT2D eigenvalue weighted by Crippen LogP contribution is -2.05. The van der Waals surface area contributed by atoms with Crippen molar-refractivity contribution in [3.8, 4) is 0 Å². The van der Waals surface area contributed by atoms with Gasteiger partial charge in [0.05, 0.1) is 0 Å². The molecule has 0 aliphatic heterocycles. The summed E-state index contributed by atoms with van der Waals surface area (Å²) in [5.74, 6) is 0.989. The van der Waals surface area contributed by atoms with Crippen LogP contribution in [0.1, 0.15) is 64.2 Å². The Morgan fingerprint density at radius 3 is 2.23 bits per heavy atom. The summed E-state index contributed by atoms with van der Waals surface area (Å²) in [7, 11) is 0. The molecule has 1 fully saturated rings. The zero-order chi connectivity index (χ0) is 8.93. The second-order valence-electron chi connectivity index (χ2n) is 4.71. The molecule has 0 N–H and O–H groups in total. The van der Waals surface area contributed by atoms with Crippen molar-refractivity contribution in [2.45, 2.75) is 64.2 Å². The van der Waals surface area contributed by atoms with Crippen LogP contribution in [0.5, 0.6) is 0 Å². The van der Waals surface area contributed by atoms with Crippen molar-refractivity contribution in [2.75, 3.05) is 0 Å². The van der Waals surface area contributed by atoms with Crippen molar-refractivity contribution in [3.05, 3.63) is 11.6 Å². The van der Waals surface area contributed by atoms with Crippen molar-refractivity contribution in [2.24, 2.45) is 5.92 Å². The van der Waals surface area contributed by atoms with E-state index in [9.17, 15) is 0 Å². The summed E-state index contributed by atoms with van der Waals surface area (Å²) < 4.78 is 0. The minimum absolute atomic E-state index is 0.989. The predicted molar refractivity (Wildman–Crippen MR) is 57.7 cm³/mol. The highest BCUT2D eigenvalue weighted by molar-refractivity contribution is 5.09. The molecular weight excluding hydrogens is 156 g/mol. The summed E-state index contributed by atoms with van der Waals surface area (Å²) >= 11 is 0. The first-order chi connectivity index (χ1) is 6.47. The second-order valence-corrected chi connectivity index (χ2v) is 4.71. The van der Waals surface area contributed by atoms with Gasteiger partial charge in [-0.05, 0) is 44.4 Å². The minimum atomic E-state index is 0.989. The van der Waals surface area contributed by atoms with Crippen molar-refractivity contribution >= 4 is 0 Å². The average molecular weight is 178 g/mol. The fourth-order valence-corrected chi connectivity index (χ4v) is 2.88. The van der Waals surface area contributed by atoms with Crippen LogP contribution in [-0.4, -0.2) is 0 Å². The number of hydrogen-bond acceptors (Lipinski definition) is 0. The molecule has 0 radical (unpaired) electrons. The van der Waals surface area contributed by atoms with Crippen LogP contribution in [-0.2, 0) is 0 Å². The Balaban J connectivity index is 1.92. The second kappa shape index (κ2) is 4.83. The van der Waals surface area contributed by atoms with Gasteiger partial charge in [-0.3, -0.25) is 0 Å². The van der Waals surface area contributed by atoms with E-state index >= 15 is 0 Å². The molecule has 2 aliphatic rings. The van der Waals surface area contributed by atoms with Crippen molar-refractivity contribution in [1.82, 2.24) is 0 Å². The van der Waals surface area contributed by atoms with Gasteiger partial charge >= 0.3 is 0 Å². The van der Waals surface area contributed by atoms with E-state index in [0.717, 1.165) is 5.92 Å².